The third-order valence-corrected chi connectivity index (χ3v) is 5.29. The monoisotopic (exact) mass is 268 g/mol. The maximum atomic E-state index is 11.9. The van der Waals surface area contributed by atoms with Crippen LogP contribution in [0.2, 0.25) is 0 Å². The van der Waals surface area contributed by atoms with Crippen LogP contribution in [0.15, 0.2) is 15.9 Å². The van der Waals surface area contributed by atoms with Crippen molar-refractivity contribution in [3.8, 4) is 0 Å². The number of thioether (sulfide) groups is 1. The number of hydrogen-bond donors (Lipinski definition) is 1. The predicted octanol–water partition coefficient (Wildman–Crippen LogP) is 2.54. The SMILES string of the molecule is O=C(CSc1nccs1)NC(C1CC1)C1CC1. The Morgan fingerprint density at radius 2 is 2.18 bits per heavy atom. The zero-order chi connectivity index (χ0) is 11.7. The van der Waals surface area contributed by atoms with Gasteiger partial charge < -0.3 is 5.32 Å². The summed E-state index contributed by atoms with van der Waals surface area (Å²) in [5, 5.41) is 5.16. The van der Waals surface area contributed by atoms with Crippen LogP contribution in [-0.2, 0) is 4.79 Å². The lowest BCUT2D eigenvalue weighted by Gasteiger charge is -2.17. The molecule has 3 rings (SSSR count). The molecule has 17 heavy (non-hydrogen) atoms. The van der Waals surface area contributed by atoms with E-state index in [-0.39, 0.29) is 5.91 Å². The Hall–Kier alpha value is -0.550. The van der Waals surface area contributed by atoms with Crippen molar-refractivity contribution in [3.05, 3.63) is 11.6 Å². The van der Waals surface area contributed by atoms with Gasteiger partial charge in [0.15, 0.2) is 0 Å². The van der Waals surface area contributed by atoms with E-state index in [0.717, 1.165) is 16.2 Å². The molecule has 2 aliphatic carbocycles. The Kier molecular flexibility index (Phi) is 3.38. The van der Waals surface area contributed by atoms with Crippen LogP contribution < -0.4 is 5.32 Å². The van der Waals surface area contributed by atoms with E-state index in [1.54, 1.807) is 17.5 Å². The molecule has 0 aromatic carbocycles. The van der Waals surface area contributed by atoms with E-state index in [9.17, 15) is 4.79 Å². The van der Waals surface area contributed by atoms with Crippen molar-refractivity contribution >= 4 is 29.0 Å². The van der Waals surface area contributed by atoms with E-state index in [4.69, 9.17) is 0 Å². The first-order chi connectivity index (χ1) is 8.33. The summed E-state index contributed by atoms with van der Waals surface area (Å²) in [4.78, 5) is 16.0. The molecule has 0 atom stereocenters. The van der Waals surface area contributed by atoms with E-state index in [1.165, 1.54) is 37.4 Å². The average Bonchev–Trinajstić information content (AvgIpc) is 3.24. The highest BCUT2D eigenvalue weighted by Crippen LogP contribution is 2.44. The summed E-state index contributed by atoms with van der Waals surface area (Å²) < 4.78 is 0.981. The first kappa shape index (κ1) is 11.5. The molecule has 0 radical (unpaired) electrons. The molecule has 1 heterocycles. The zero-order valence-electron chi connectivity index (χ0n) is 9.59. The van der Waals surface area contributed by atoms with Gasteiger partial charge >= 0.3 is 0 Å². The van der Waals surface area contributed by atoms with Gasteiger partial charge in [-0.3, -0.25) is 4.79 Å². The molecule has 0 spiro atoms. The van der Waals surface area contributed by atoms with Crippen LogP contribution in [0.4, 0.5) is 0 Å². The van der Waals surface area contributed by atoms with Crippen LogP contribution in [0.25, 0.3) is 0 Å². The molecule has 92 valence electrons. The van der Waals surface area contributed by atoms with Crippen molar-refractivity contribution < 1.29 is 4.79 Å². The van der Waals surface area contributed by atoms with Gasteiger partial charge in [0.25, 0.3) is 0 Å². The van der Waals surface area contributed by atoms with Crippen LogP contribution in [0.1, 0.15) is 25.7 Å². The van der Waals surface area contributed by atoms with Crippen LogP contribution in [-0.4, -0.2) is 22.7 Å². The van der Waals surface area contributed by atoms with Crippen LogP contribution in [0.5, 0.6) is 0 Å². The molecule has 3 nitrogen and oxygen atoms in total. The molecule has 1 aromatic heterocycles. The molecular weight excluding hydrogens is 252 g/mol. The van der Waals surface area contributed by atoms with Gasteiger partial charge in [-0.15, -0.1) is 11.3 Å². The fourth-order valence-corrected chi connectivity index (χ4v) is 3.62. The summed E-state index contributed by atoms with van der Waals surface area (Å²) in [5.41, 5.74) is 0. The highest BCUT2D eigenvalue weighted by molar-refractivity contribution is 8.01. The number of carbonyl (C=O) groups excluding carboxylic acids is 1. The molecule has 1 N–H and O–H groups in total. The van der Waals surface area contributed by atoms with Crippen molar-refractivity contribution in [1.29, 1.82) is 0 Å². The number of hydrogen-bond acceptors (Lipinski definition) is 4. The van der Waals surface area contributed by atoms with Gasteiger partial charge in [-0.2, -0.15) is 0 Å². The van der Waals surface area contributed by atoms with Crippen molar-refractivity contribution in [2.75, 3.05) is 5.75 Å². The van der Waals surface area contributed by atoms with Crippen molar-refractivity contribution in [3.63, 3.8) is 0 Å². The minimum atomic E-state index is 0.175. The van der Waals surface area contributed by atoms with E-state index in [0.29, 0.717) is 11.8 Å². The van der Waals surface area contributed by atoms with E-state index >= 15 is 0 Å². The summed E-state index contributed by atoms with van der Waals surface area (Å²) >= 11 is 3.13. The molecule has 5 heteroatoms. The second-order valence-corrected chi connectivity index (χ2v) is 6.97. The van der Waals surface area contributed by atoms with Gasteiger partial charge in [0.05, 0.1) is 5.75 Å². The van der Waals surface area contributed by atoms with Crippen LogP contribution in [0.3, 0.4) is 0 Å². The van der Waals surface area contributed by atoms with Gasteiger partial charge in [0.2, 0.25) is 5.91 Å². The molecule has 1 amide bonds. The average molecular weight is 268 g/mol. The van der Waals surface area contributed by atoms with Crippen LogP contribution in [0, 0.1) is 11.8 Å². The molecule has 0 aliphatic heterocycles. The smallest absolute Gasteiger partial charge is 0.230 e. The minimum absolute atomic E-state index is 0.175. The van der Waals surface area contributed by atoms with Crippen LogP contribution >= 0.6 is 23.1 Å². The second-order valence-electron chi connectivity index (χ2n) is 4.85. The van der Waals surface area contributed by atoms with Gasteiger partial charge in [0, 0.05) is 17.6 Å². The lowest BCUT2D eigenvalue weighted by molar-refractivity contribution is -0.119. The Balaban J connectivity index is 1.45. The summed E-state index contributed by atoms with van der Waals surface area (Å²) in [7, 11) is 0. The normalized spacial score (nSPS) is 19.6. The van der Waals surface area contributed by atoms with Crippen molar-refractivity contribution in [2.45, 2.75) is 36.1 Å². The fourth-order valence-electron chi connectivity index (χ4n) is 2.17. The lowest BCUT2D eigenvalue weighted by atomic mass is 10.1. The van der Waals surface area contributed by atoms with E-state index in [1.807, 2.05) is 5.38 Å². The summed E-state index contributed by atoms with van der Waals surface area (Å²) in [6, 6.07) is 0.472. The molecule has 2 saturated carbocycles. The number of nitrogens with one attached hydrogen (secondary N) is 1. The number of thiazole rings is 1. The summed E-state index contributed by atoms with van der Waals surface area (Å²) in [6.45, 7) is 0. The Bertz CT molecular complexity index is 373. The quantitative estimate of drug-likeness (QED) is 0.806. The Morgan fingerprint density at radius 3 is 2.71 bits per heavy atom. The number of nitrogens with zero attached hydrogens (tertiary/aromatic N) is 1. The second kappa shape index (κ2) is 4.98. The summed E-state index contributed by atoms with van der Waals surface area (Å²) in [5.74, 6) is 2.23. The molecule has 0 saturated heterocycles. The third-order valence-electron chi connectivity index (χ3n) is 3.32. The molecule has 1 aromatic rings. The minimum Gasteiger partial charge on any atom is -0.352 e. The number of rotatable bonds is 6. The molecular formula is C12H16N2OS2. The zero-order valence-corrected chi connectivity index (χ0v) is 11.2. The molecule has 2 aliphatic rings. The van der Waals surface area contributed by atoms with Gasteiger partial charge in [0.1, 0.15) is 4.34 Å². The van der Waals surface area contributed by atoms with Gasteiger partial charge in [-0.05, 0) is 37.5 Å². The maximum Gasteiger partial charge on any atom is 0.230 e. The number of amides is 1. The topological polar surface area (TPSA) is 42.0 Å². The third kappa shape index (κ3) is 3.22. The fraction of sp³-hybridized carbons (Fsp3) is 0.667. The standard InChI is InChI=1S/C12H16N2OS2/c15-10(7-17-12-13-5-6-16-12)14-11(8-1-2-8)9-3-4-9/h5-6,8-9,11H,1-4,7H2,(H,14,15). The highest BCUT2D eigenvalue weighted by atomic mass is 32.2. The number of carbonyl (C=O) groups is 1. The van der Waals surface area contributed by atoms with E-state index in [2.05, 4.69) is 10.3 Å². The lowest BCUT2D eigenvalue weighted by Crippen LogP contribution is -2.39. The van der Waals surface area contributed by atoms with E-state index < -0.39 is 0 Å². The van der Waals surface area contributed by atoms with Gasteiger partial charge in [-0.1, -0.05) is 11.8 Å². The predicted molar refractivity (Wildman–Crippen MR) is 70.2 cm³/mol. The maximum absolute atomic E-state index is 11.9. The molecule has 2 fully saturated rings. The first-order valence-electron chi connectivity index (χ1n) is 6.14. The first-order valence-corrected chi connectivity index (χ1v) is 8.01. The highest BCUT2D eigenvalue weighted by Gasteiger charge is 2.42. The Labute approximate surface area is 109 Å². The largest absolute Gasteiger partial charge is 0.352 e. The van der Waals surface area contributed by atoms with Gasteiger partial charge in [-0.25, -0.2) is 4.98 Å². The summed E-state index contributed by atoms with van der Waals surface area (Å²) in [6.07, 6.45) is 7.01. The molecule has 0 bridgehead atoms. The van der Waals surface area contributed by atoms with Crippen molar-refractivity contribution in [1.82, 2.24) is 10.3 Å². The van der Waals surface area contributed by atoms with Crippen molar-refractivity contribution in [2.24, 2.45) is 11.8 Å². The molecule has 0 unspecified atom stereocenters. The Morgan fingerprint density at radius 1 is 1.47 bits per heavy atom. The number of aromatic nitrogens is 1.